The van der Waals surface area contributed by atoms with E-state index in [9.17, 15) is 19.7 Å². The van der Waals surface area contributed by atoms with Gasteiger partial charge in [0.05, 0.1) is 15.5 Å². The molecule has 0 radical (unpaired) electrons. The normalized spacial score (nSPS) is 13.4. The molecule has 128 valence electrons. The largest absolute Gasteiger partial charge is 0.322 e. The highest BCUT2D eigenvalue weighted by Gasteiger charge is 2.21. The summed E-state index contributed by atoms with van der Waals surface area (Å²) in [4.78, 5) is 36.0. The molecule has 0 unspecified atom stereocenters. The highest BCUT2D eigenvalue weighted by molar-refractivity contribution is 6.34. The maximum atomic E-state index is 12.4. The van der Waals surface area contributed by atoms with Gasteiger partial charge in [0.15, 0.2) is 0 Å². The predicted molar refractivity (Wildman–Crippen MR) is 94.2 cm³/mol. The fourth-order valence-electron chi connectivity index (χ4n) is 2.73. The molecule has 2 aromatic carbocycles. The molecule has 3 rings (SSSR count). The number of fused-ring (bicyclic) bond motifs is 1. The van der Waals surface area contributed by atoms with Gasteiger partial charge in [-0.15, -0.1) is 0 Å². The summed E-state index contributed by atoms with van der Waals surface area (Å²) in [6.45, 7) is 0. The van der Waals surface area contributed by atoms with E-state index in [4.69, 9.17) is 11.6 Å². The third-order valence-corrected chi connectivity index (χ3v) is 4.42. The lowest BCUT2D eigenvalue weighted by molar-refractivity contribution is -0.384. The summed E-state index contributed by atoms with van der Waals surface area (Å²) in [5, 5.41) is 13.7. The standard InChI is InChI=1S/C17H14ClN3O4/c1-20-15-6-3-11(8-10(15)2-7-16(20)22)19-17(23)13-9-12(21(24)25)4-5-14(13)18/h3-6,8-9H,2,7H2,1H3,(H,19,23). The van der Waals surface area contributed by atoms with Gasteiger partial charge < -0.3 is 10.2 Å². The van der Waals surface area contributed by atoms with Crippen LogP contribution in [0.5, 0.6) is 0 Å². The Hall–Kier alpha value is -2.93. The molecule has 0 atom stereocenters. The van der Waals surface area contributed by atoms with Crippen molar-refractivity contribution in [3.63, 3.8) is 0 Å². The van der Waals surface area contributed by atoms with E-state index in [0.717, 1.165) is 17.3 Å². The van der Waals surface area contributed by atoms with Crippen LogP contribution in [0.25, 0.3) is 0 Å². The van der Waals surface area contributed by atoms with Crippen LogP contribution >= 0.6 is 11.6 Å². The summed E-state index contributed by atoms with van der Waals surface area (Å²) >= 11 is 5.98. The van der Waals surface area contributed by atoms with E-state index < -0.39 is 10.8 Å². The minimum atomic E-state index is -0.584. The Bertz CT molecular complexity index is 897. The minimum absolute atomic E-state index is 0.0286. The van der Waals surface area contributed by atoms with E-state index in [-0.39, 0.29) is 22.2 Å². The van der Waals surface area contributed by atoms with Gasteiger partial charge in [-0.2, -0.15) is 0 Å². The van der Waals surface area contributed by atoms with Crippen LogP contribution in [0.2, 0.25) is 5.02 Å². The van der Waals surface area contributed by atoms with Gasteiger partial charge in [-0.3, -0.25) is 19.7 Å². The molecule has 0 bridgehead atoms. The van der Waals surface area contributed by atoms with Gasteiger partial charge in [-0.25, -0.2) is 0 Å². The molecule has 1 aliphatic rings. The van der Waals surface area contributed by atoms with Gasteiger partial charge in [0, 0.05) is 37.0 Å². The molecule has 2 amide bonds. The summed E-state index contributed by atoms with van der Waals surface area (Å²) in [6.07, 6.45) is 1.01. The Morgan fingerprint density at radius 3 is 2.72 bits per heavy atom. The summed E-state index contributed by atoms with van der Waals surface area (Å²) in [6, 6.07) is 8.94. The molecular weight excluding hydrogens is 346 g/mol. The highest BCUT2D eigenvalue weighted by atomic mass is 35.5. The van der Waals surface area contributed by atoms with Crippen molar-refractivity contribution in [1.82, 2.24) is 0 Å². The number of aryl methyl sites for hydroxylation is 1. The number of carbonyl (C=O) groups is 2. The maximum Gasteiger partial charge on any atom is 0.270 e. The van der Waals surface area contributed by atoms with Crippen molar-refractivity contribution in [2.24, 2.45) is 0 Å². The Morgan fingerprint density at radius 1 is 1.24 bits per heavy atom. The van der Waals surface area contributed by atoms with E-state index in [1.165, 1.54) is 12.1 Å². The predicted octanol–water partition coefficient (Wildman–Crippen LogP) is 3.41. The molecule has 0 aliphatic carbocycles. The number of rotatable bonds is 3. The molecule has 2 aromatic rings. The van der Waals surface area contributed by atoms with Crippen molar-refractivity contribution < 1.29 is 14.5 Å². The molecule has 7 nitrogen and oxygen atoms in total. The number of halogens is 1. The van der Waals surface area contributed by atoms with Crippen LogP contribution in [0.1, 0.15) is 22.3 Å². The van der Waals surface area contributed by atoms with E-state index >= 15 is 0 Å². The van der Waals surface area contributed by atoms with Crippen molar-refractivity contribution >= 4 is 40.5 Å². The van der Waals surface area contributed by atoms with Crippen molar-refractivity contribution in [2.75, 3.05) is 17.3 Å². The number of benzene rings is 2. The number of nitrogens with one attached hydrogen (secondary N) is 1. The Balaban J connectivity index is 1.86. The number of anilines is 2. The van der Waals surface area contributed by atoms with Gasteiger partial charge in [0.25, 0.3) is 11.6 Å². The number of carbonyl (C=O) groups excluding carboxylic acids is 2. The number of non-ortho nitro benzene ring substituents is 1. The SMILES string of the molecule is CN1C(=O)CCc2cc(NC(=O)c3cc([N+](=O)[O-])ccc3Cl)ccc21. The van der Waals surface area contributed by atoms with E-state index in [2.05, 4.69) is 5.32 Å². The zero-order valence-electron chi connectivity index (χ0n) is 13.3. The van der Waals surface area contributed by atoms with Crippen molar-refractivity contribution in [3.05, 3.63) is 62.7 Å². The lowest BCUT2D eigenvalue weighted by Crippen LogP contribution is -2.31. The molecule has 0 saturated carbocycles. The number of nitro benzene ring substituents is 1. The third kappa shape index (κ3) is 3.32. The fraction of sp³-hybridized carbons (Fsp3) is 0.176. The molecular formula is C17H14ClN3O4. The fourth-order valence-corrected chi connectivity index (χ4v) is 2.94. The molecule has 0 saturated heterocycles. The topological polar surface area (TPSA) is 92.6 Å². The summed E-state index contributed by atoms with van der Waals surface area (Å²) in [5.41, 5.74) is 2.11. The number of nitrogens with zero attached hydrogens (tertiary/aromatic N) is 2. The van der Waals surface area contributed by atoms with E-state index in [1.807, 2.05) is 0 Å². The Kier molecular flexibility index (Phi) is 4.41. The van der Waals surface area contributed by atoms with Crippen molar-refractivity contribution in [1.29, 1.82) is 0 Å². The Labute approximate surface area is 148 Å². The van der Waals surface area contributed by atoms with Gasteiger partial charge in [0.1, 0.15) is 0 Å². The van der Waals surface area contributed by atoms with Gasteiger partial charge in [0.2, 0.25) is 5.91 Å². The summed E-state index contributed by atoms with van der Waals surface area (Å²) in [7, 11) is 1.71. The van der Waals surface area contributed by atoms with E-state index in [0.29, 0.717) is 18.5 Å². The second kappa shape index (κ2) is 6.52. The molecule has 0 spiro atoms. The monoisotopic (exact) mass is 359 g/mol. The quantitative estimate of drug-likeness (QED) is 0.671. The molecule has 1 aliphatic heterocycles. The molecule has 0 fully saturated rings. The highest BCUT2D eigenvalue weighted by Crippen LogP contribution is 2.30. The third-order valence-electron chi connectivity index (χ3n) is 4.09. The van der Waals surface area contributed by atoms with Crippen molar-refractivity contribution in [3.8, 4) is 0 Å². The van der Waals surface area contributed by atoms with Crippen LogP contribution in [-0.2, 0) is 11.2 Å². The van der Waals surface area contributed by atoms with Crippen LogP contribution in [0, 0.1) is 10.1 Å². The average molecular weight is 360 g/mol. The zero-order valence-corrected chi connectivity index (χ0v) is 14.0. The van der Waals surface area contributed by atoms with Crippen LogP contribution in [0.4, 0.5) is 17.1 Å². The van der Waals surface area contributed by atoms with Crippen LogP contribution < -0.4 is 10.2 Å². The van der Waals surface area contributed by atoms with Crippen LogP contribution in [0.15, 0.2) is 36.4 Å². The zero-order chi connectivity index (χ0) is 18.1. The van der Waals surface area contributed by atoms with Crippen LogP contribution in [0.3, 0.4) is 0 Å². The van der Waals surface area contributed by atoms with Gasteiger partial charge in [-0.05, 0) is 36.2 Å². The second-order valence-electron chi connectivity index (χ2n) is 5.67. The maximum absolute atomic E-state index is 12.4. The van der Waals surface area contributed by atoms with Gasteiger partial charge >= 0.3 is 0 Å². The Morgan fingerprint density at radius 2 is 2.00 bits per heavy atom. The second-order valence-corrected chi connectivity index (χ2v) is 6.08. The molecule has 8 heteroatoms. The number of hydrogen-bond donors (Lipinski definition) is 1. The summed E-state index contributed by atoms with van der Waals surface area (Å²) < 4.78 is 0. The van der Waals surface area contributed by atoms with Crippen molar-refractivity contribution in [2.45, 2.75) is 12.8 Å². The first-order valence-corrected chi connectivity index (χ1v) is 7.89. The van der Waals surface area contributed by atoms with Crippen LogP contribution in [-0.4, -0.2) is 23.8 Å². The molecule has 1 heterocycles. The number of nitro groups is 1. The first-order chi connectivity index (χ1) is 11.9. The summed E-state index contributed by atoms with van der Waals surface area (Å²) in [5.74, 6) is -0.485. The lowest BCUT2D eigenvalue weighted by atomic mass is 10.0. The van der Waals surface area contributed by atoms with Gasteiger partial charge in [-0.1, -0.05) is 11.6 Å². The first kappa shape index (κ1) is 16.9. The lowest BCUT2D eigenvalue weighted by Gasteiger charge is -2.26. The van der Waals surface area contributed by atoms with E-state index in [1.54, 1.807) is 30.1 Å². The number of hydrogen-bond acceptors (Lipinski definition) is 4. The number of amides is 2. The smallest absolute Gasteiger partial charge is 0.270 e. The molecule has 0 aromatic heterocycles. The minimum Gasteiger partial charge on any atom is -0.322 e. The molecule has 1 N–H and O–H groups in total. The molecule has 25 heavy (non-hydrogen) atoms. The first-order valence-electron chi connectivity index (χ1n) is 7.51. The average Bonchev–Trinajstić information content (AvgIpc) is 2.58.